The first-order chi connectivity index (χ1) is 8.78. The van der Waals surface area contributed by atoms with Gasteiger partial charge >= 0.3 is 6.09 Å². The van der Waals surface area contributed by atoms with Crippen LogP contribution in [0.25, 0.3) is 0 Å². The highest BCUT2D eigenvalue weighted by molar-refractivity contribution is 9.10. The summed E-state index contributed by atoms with van der Waals surface area (Å²) in [5, 5.41) is 0. The van der Waals surface area contributed by atoms with E-state index >= 15 is 0 Å². The molecule has 0 aliphatic heterocycles. The zero-order valence-electron chi connectivity index (χ0n) is 11.6. The molecular weight excluding hydrogens is 312 g/mol. The van der Waals surface area contributed by atoms with E-state index in [0.29, 0.717) is 18.9 Å². The fourth-order valence-corrected chi connectivity index (χ4v) is 1.41. The van der Waals surface area contributed by atoms with E-state index in [1.54, 1.807) is 19.3 Å². The summed E-state index contributed by atoms with van der Waals surface area (Å²) in [6, 6.07) is 3.61. The van der Waals surface area contributed by atoms with Crippen LogP contribution >= 0.6 is 15.9 Å². The molecule has 1 aromatic rings. The van der Waals surface area contributed by atoms with Crippen molar-refractivity contribution < 1.29 is 14.3 Å². The first kappa shape index (κ1) is 15.8. The third kappa shape index (κ3) is 6.42. The summed E-state index contributed by atoms with van der Waals surface area (Å²) in [5.74, 6) is 0.667. The van der Waals surface area contributed by atoms with Crippen molar-refractivity contribution in [2.24, 2.45) is 0 Å². The van der Waals surface area contributed by atoms with Crippen molar-refractivity contribution in [2.45, 2.75) is 26.4 Å². The van der Waals surface area contributed by atoms with E-state index in [2.05, 4.69) is 20.9 Å². The largest absolute Gasteiger partial charge is 0.490 e. The minimum Gasteiger partial charge on any atom is -0.490 e. The van der Waals surface area contributed by atoms with Crippen molar-refractivity contribution in [3.63, 3.8) is 0 Å². The number of likely N-dealkylation sites (N-methyl/N-ethyl adjacent to an activating group) is 1. The zero-order valence-corrected chi connectivity index (χ0v) is 13.2. The summed E-state index contributed by atoms with van der Waals surface area (Å²) >= 11 is 3.25. The van der Waals surface area contributed by atoms with Crippen LogP contribution in [-0.2, 0) is 4.74 Å². The Hall–Kier alpha value is -1.30. The quantitative estimate of drug-likeness (QED) is 0.796. The van der Waals surface area contributed by atoms with Gasteiger partial charge in [0.05, 0.1) is 12.7 Å². The zero-order chi connectivity index (χ0) is 14.5. The van der Waals surface area contributed by atoms with E-state index in [4.69, 9.17) is 9.47 Å². The van der Waals surface area contributed by atoms with Gasteiger partial charge in [-0.3, -0.25) is 0 Å². The lowest BCUT2D eigenvalue weighted by atomic mass is 10.2. The first-order valence-electron chi connectivity index (χ1n) is 5.96. The smallest absolute Gasteiger partial charge is 0.410 e. The van der Waals surface area contributed by atoms with Crippen LogP contribution in [0, 0.1) is 0 Å². The second-order valence-corrected chi connectivity index (χ2v) is 5.88. The van der Waals surface area contributed by atoms with Gasteiger partial charge in [0.2, 0.25) is 0 Å². The van der Waals surface area contributed by atoms with Crippen LogP contribution in [0.5, 0.6) is 5.75 Å². The van der Waals surface area contributed by atoms with Crippen molar-refractivity contribution in [1.29, 1.82) is 0 Å². The molecule has 1 aromatic heterocycles. The molecule has 0 saturated carbocycles. The van der Waals surface area contributed by atoms with Crippen LogP contribution in [0.2, 0.25) is 0 Å². The molecule has 106 valence electrons. The number of rotatable bonds is 4. The van der Waals surface area contributed by atoms with Gasteiger partial charge < -0.3 is 14.4 Å². The molecule has 0 spiro atoms. The highest BCUT2D eigenvalue weighted by Gasteiger charge is 2.19. The van der Waals surface area contributed by atoms with Gasteiger partial charge in [-0.15, -0.1) is 0 Å². The number of carbonyl (C=O) groups is 1. The first-order valence-corrected chi connectivity index (χ1v) is 6.76. The molecule has 1 heterocycles. The monoisotopic (exact) mass is 330 g/mol. The number of nitrogens with zero attached hydrogens (tertiary/aromatic N) is 2. The third-order valence-corrected chi connectivity index (χ3v) is 2.57. The molecule has 0 unspecified atom stereocenters. The number of ether oxygens (including phenoxy) is 2. The Morgan fingerprint density at radius 1 is 1.42 bits per heavy atom. The van der Waals surface area contributed by atoms with Crippen molar-refractivity contribution >= 4 is 22.0 Å². The van der Waals surface area contributed by atoms with Crippen molar-refractivity contribution in [1.82, 2.24) is 9.88 Å². The van der Waals surface area contributed by atoms with E-state index in [1.807, 2.05) is 26.8 Å². The average Bonchev–Trinajstić information content (AvgIpc) is 2.29. The maximum absolute atomic E-state index is 11.7. The molecule has 0 atom stereocenters. The Balaban J connectivity index is 2.32. The Morgan fingerprint density at radius 2 is 2.11 bits per heavy atom. The molecule has 0 aromatic carbocycles. The summed E-state index contributed by atoms with van der Waals surface area (Å²) in [6.45, 7) is 6.35. The predicted molar refractivity (Wildman–Crippen MR) is 76.3 cm³/mol. The number of carbonyl (C=O) groups excluding carboxylic acids is 1. The number of pyridine rings is 1. The normalized spacial score (nSPS) is 11.0. The molecule has 0 radical (unpaired) electrons. The molecule has 6 heteroatoms. The predicted octanol–water partition coefficient (Wildman–Crippen LogP) is 3.09. The van der Waals surface area contributed by atoms with Gasteiger partial charge in [-0.2, -0.15) is 0 Å². The van der Waals surface area contributed by atoms with E-state index in [9.17, 15) is 4.79 Å². The van der Waals surface area contributed by atoms with Gasteiger partial charge in [0, 0.05) is 7.05 Å². The lowest BCUT2D eigenvalue weighted by molar-refractivity contribution is 0.0278. The highest BCUT2D eigenvalue weighted by Crippen LogP contribution is 2.13. The summed E-state index contributed by atoms with van der Waals surface area (Å²) in [4.78, 5) is 17.2. The lowest BCUT2D eigenvalue weighted by Crippen LogP contribution is -2.36. The number of amides is 1. The minimum absolute atomic E-state index is 0.356. The van der Waals surface area contributed by atoms with Gasteiger partial charge in [0.1, 0.15) is 22.6 Å². The molecule has 1 amide bonds. The van der Waals surface area contributed by atoms with E-state index in [1.165, 1.54) is 4.90 Å². The van der Waals surface area contributed by atoms with Crippen molar-refractivity contribution in [2.75, 3.05) is 20.2 Å². The van der Waals surface area contributed by atoms with Crippen LogP contribution in [0.15, 0.2) is 22.9 Å². The minimum atomic E-state index is -0.484. The fraction of sp³-hybridized carbons (Fsp3) is 0.538. The second kappa shape index (κ2) is 6.75. The van der Waals surface area contributed by atoms with Gasteiger partial charge in [0.15, 0.2) is 0 Å². The topological polar surface area (TPSA) is 51.7 Å². The molecule has 0 fully saturated rings. The molecule has 5 nitrogen and oxygen atoms in total. The molecule has 1 rings (SSSR count). The summed E-state index contributed by atoms with van der Waals surface area (Å²) in [7, 11) is 1.68. The maximum Gasteiger partial charge on any atom is 0.410 e. The highest BCUT2D eigenvalue weighted by atomic mass is 79.9. The molecular formula is C13H19BrN2O3. The average molecular weight is 331 g/mol. The second-order valence-electron chi connectivity index (χ2n) is 5.07. The van der Waals surface area contributed by atoms with E-state index in [-0.39, 0.29) is 6.09 Å². The molecule has 0 aliphatic rings. The van der Waals surface area contributed by atoms with Crippen LogP contribution in [0.3, 0.4) is 0 Å². The molecule has 0 saturated heterocycles. The Kier molecular flexibility index (Phi) is 5.60. The van der Waals surface area contributed by atoms with Gasteiger partial charge in [-0.1, -0.05) is 0 Å². The number of hydrogen-bond donors (Lipinski definition) is 0. The van der Waals surface area contributed by atoms with Gasteiger partial charge in [0.25, 0.3) is 0 Å². The van der Waals surface area contributed by atoms with Crippen molar-refractivity contribution in [3.05, 3.63) is 22.9 Å². The summed E-state index contributed by atoms with van der Waals surface area (Å²) in [5.41, 5.74) is -0.484. The lowest BCUT2D eigenvalue weighted by Gasteiger charge is -2.24. The summed E-state index contributed by atoms with van der Waals surface area (Å²) < 4.78 is 11.5. The maximum atomic E-state index is 11.7. The van der Waals surface area contributed by atoms with Gasteiger partial charge in [-0.25, -0.2) is 9.78 Å². The third-order valence-electron chi connectivity index (χ3n) is 2.10. The summed E-state index contributed by atoms with van der Waals surface area (Å²) in [6.07, 6.45) is 1.27. The van der Waals surface area contributed by atoms with E-state index in [0.717, 1.165) is 4.60 Å². The number of aromatic nitrogens is 1. The van der Waals surface area contributed by atoms with Crippen LogP contribution in [-0.4, -0.2) is 41.8 Å². The van der Waals surface area contributed by atoms with Crippen LogP contribution in [0.1, 0.15) is 20.8 Å². The molecule has 0 aliphatic carbocycles. The SMILES string of the molecule is CN(CCOc1ccc(Br)nc1)C(=O)OC(C)(C)C. The fourth-order valence-electron chi connectivity index (χ4n) is 1.18. The Morgan fingerprint density at radius 3 is 2.63 bits per heavy atom. The molecule has 0 N–H and O–H groups in total. The van der Waals surface area contributed by atoms with Crippen molar-refractivity contribution in [3.8, 4) is 5.75 Å². The van der Waals surface area contributed by atoms with Crippen LogP contribution < -0.4 is 4.74 Å². The number of halogens is 1. The molecule has 0 bridgehead atoms. The Bertz CT molecular complexity index is 415. The van der Waals surface area contributed by atoms with Gasteiger partial charge in [-0.05, 0) is 48.8 Å². The standard InChI is InChI=1S/C13H19BrN2O3/c1-13(2,3)19-12(17)16(4)7-8-18-10-5-6-11(14)15-9-10/h5-6,9H,7-8H2,1-4H3. The Labute approximate surface area is 122 Å². The van der Waals surface area contributed by atoms with Crippen LogP contribution in [0.4, 0.5) is 4.79 Å². The molecule has 19 heavy (non-hydrogen) atoms. The number of hydrogen-bond acceptors (Lipinski definition) is 4. The van der Waals surface area contributed by atoms with E-state index < -0.39 is 5.60 Å².